The Morgan fingerprint density at radius 1 is 1.19 bits per heavy atom. The predicted molar refractivity (Wildman–Crippen MR) is 64.4 cm³/mol. The van der Waals surface area contributed by atoms with Crippen LogP contribution in [-0.4, -0.2) is 43.2 Å². The summed E-state index contributed by atoms with van der Waals surface area (Å²) in [5.41, 5.74) is 0. The Balaban J connectivity index is 1.74. The molecule has 4 heteroatoms. The molecular formula is C12H23N3O. The number of urea groups is 1. The van der Waals surface area contributed by atoms with Crippen LogP contribution in [0, 0.1) is 5.92 Å². The summed E-state index contributed by atoms with van der Waals surface area (Å²) in [5.74, 6) is 0.780. The molecule has 2 N–H and O–H groups in total. The number of carbonyl (C=O) groups excluding carboxylic acids is 1. The van der Waals surface area contributed by atoms with E-state index in [9.17, 15) is 4.79 Å². The molecule has 0 aliphatic carbocycles. The molecule has 2 aliphatic rings. The smallest absolute Gasteiger partial charge is 0.317 e. The normalized spacial score (nSPS) is 24.4. The minimum Gasteiger partial charge on any atom is -0.335 e. The van der Waals surface area contributed by atoms with Gasteiger partial charge in [0.25, 0.3) is 0 Å². The number of carbonyl (C=O) groups is 1. The van der Waals surface area contributed by atoms with Crippen LogP contribution in [0.5, 0.6) is 0 Å². The Morgan fingerprint density at radius 2 is 1.81 bits per heavy atom. The van der Waals surface area contributed by atoms with Crippen molar-refractivity contribution in [2.24, 2.45) is 5.92 Å². The largest absolute Gasteiger partial charge is 0.335 e. The molecule has 2 amide bonds. The highest BCUT2D eigenvalue weighted by Gasteiger charge is 2.22. The molecule has 0 unspecified atom stereocenters. The van der Waals surface area contributed by atoms with Crippen LogP contribution in [0.4, 0.5) is 4.79 Å². The monoisotopic (exact) mass is 225 g/mol. The van der Waals surface area contributed by atoms with Gasteiger partial charge in [-0.15, -0.1) is 0 Å². The van der Waals surface area contributed by atoms with Crippen LogP contribution in [-0.2, 0) is 0 Å². The number of likely N-dealkylation sites (tertiary alicyclic amines) is 1. The van der Waals surface area contributed by atoms with Crippen molar-refractivity contribution >= 4 is 6.03 Å². The highest BCUT2D eigenvalue weighted by Crippen LogP contribution is 2.16. The molecule has 0 radical (unpaired) electrons. The van der Waals surface area contributed by atoms with Crippen LogP contribution >= 0.6 is 0 Å². The van der Waals surface area contributed by atoms with Gasteiger partial charge in [-0.3, -0.25) is 0 Å². The first-order valence-electron chi connectivity index (χ1n) is 6.52. The van der Waals surface area contributed by atoms with Crippen molar-refractivity contribution in [1.29, 1.82) is 0 Å². The van der Waals surface area contributed by atoms with Crippen LogP contribution < -0.4 is 10.6 Å². The third-order valence-electron chi connectivity index (χ3n) is 3.74. The van der Waals surface area contributed by atoms with Crippen molar-refractivity contribution in [2.45, 2.75) is 38.6 Å². The van der Waals surface area contributed by atoms with E-state index in [1.165, 1.54) is 0 Å². The van der Waals surface area contributed by atoms with Gasteiger partial charge in [-0.25, -0.2) is 4.79 Å². The molecule has 0 spiro atoms. The van der Waals surface area contributed by atoms with Gasteiger partial charge >= 0.3 is 6.03 Å². The molecule has 0 bridgehead atoms. The number of rotatable bonds is 1. The van der Waals surface area contributed by atoms with Gasteiger partial charge in [-0.05, 0) is 44.7 Å². The molecule has 0 aromatic carbocycles. The zero-order chi connectivity index (χ0) is 11.4. The van der Waals surface area contributed by atoms with E-state index in [0.717, 1.165) is 57.8 Å². The summed E-state index contributed by atoms with van der Waals surface area (Å²) in [6, 6.07) is 0.534. The fourth-order valence-corrected chi connectivity index (χ4v) is 2.44. The van der Waals surface area contributed by atoms with Gasteiger partial charge in [0.05, 0.1) is 0 Å². The number of amides is 2. The quantitative estimate of drug-likeness (QED) is 0.704. The second kappa shape index (κ2) is 5.53. The maximum Gasteiger partial charge on any atom is 0.317 e. The first-order chi connectivity index (χ1) is 7.75. The Morgan fingerprint density at radius 3 is 2.44 bits per heavy atom. The lowest BCUT2D eigenvalue weighted by molar-refractivity contribution is 0.168. The second-order valence-electron chi connectivity index (χ2n) is 5.14. The fourth-order valence-electron chi connectivity index (χ4n) is 2.44. The van der Waals surface area contributed by atoms with Crippen molar-refractivity contribution in [3.05, 3.63) is 0 Å². The van der Waals surface area contributed by atoms with Crippen LogP contribution in [0.2, 0.25) is 0 Å². The van der Waals surface area contributed by atoms with Crippen molar-refractivity contribution in [3.8, 4) is 0 Å². The summed E-state index contributed by atoms with van der Waals surface area (Å²) in [5, 5.41) is 6.46. The summed E-state index contributed by atoms with van der Waals surface area (Å²) < 4.78 is 0. The van der Waals surface area contributed by atoms with Gasteiger partial charge in [0.15, 0.2) is 0 Å². The van der Waals surface area contributed by atoms with Gasteiger partial charge in [0.1, 0.15) is 0 Å². The Labute approximate surface area is 97.8 Å². The zero-order valence-electron chi connectivity index (χ0n) is 10.2. The molecule has 0 aromatic rings. The van der Waals surface area contributed by atoms with Crippen molar-refractivity contribution in [2.75, 3.05) is 26.2 Å². The number of nitrogens with one attached hydrogen (secondary N) is 2. The molecule has 2 rings (SSSR count). The maximum atomic E-state index is 12.0. The SMILES string of the molecule is CC1CCN(C(=O)NC2CCNCC2)CC1. The van der Waals surface area contributed by atoms with E-state index in [4.69, 9.17) is 0 Å². The molecule has 2 saturated heterocycles. The number of piperidine rings is 2. The summed E-state index contributed by atoms with van der Waals surface area (Å²) >= 11 is 0. The summed E-state index contributed by atoms with van der Waals surface area (Å²) in [4.78, 5) is 13.9. The Hall–Kier alpha value is -0.770. The third kappa shape index (κ3) is 3.11. The topological polar surface area (TPSA) is 44.4 Å². The molecule has 2 heterocycles. The third-order valence-corrected chi connectivity index (χ3v) is 3.74. The predicted octanol–water partition coefficient (Wildman–Crippen LogP) is 1.18. The molecule has 4 nitrogen and oxygen atoms in total. The minimum absolute atomic E-state index is 0.152. The number of hydrogen-bond donors (Lipinski definition) is 2. The highest BCUT2D eigenvalue weighted by atomic mass is 16.2. The van der Waals surface area contributed by atoms with Gasteiger partial charge in [-0.1, -0.05) is 6.92 Å². The second-order valence-corrected chi connectivity index (χ2v) is 5.14. The zero-order valence-corrected chi connectivity index (χ0v) is 10.2. The molecule has 0 aromatic heterocycles. The first kappa shape index (κ1) is 11.7. The van der Waals surface area contributed by atoms with E-state index in [-0.39, 0.29) is 6.03 Å². The van der Waals surface area contributed by atoms with E-state index < -0.39 is 0 Å². The Bertz CT molecular complexity index is 230. The molecule has 16 heavy (non-hydrogen) atoms. The van der Waals surface area contributed by atoms with E-state index in [2.05, 4.69) is 17.6 Å². The lowest BCUT2D eigenvalue weighted by Crippen LogP contribution is -2.50. The first-order valence-corrected chi connectivity index (χ1v) is 6.52. The number of hydrogen-bond acceptors (Lipinski definition) is 2. The highest BCUT2D eigenvalue weighted by molar-refractivity contribution is 5.74. The lowest BCUT2D eigenvalue weighted by Gasteiger charge is -2.32. The fraction of sp³-hybridized carbons (Fsp3) is 0.917. The Kier molecular flexibility index (Phi) is 4.04. The summed E-state index contributed by atoms with van der Waals surface area (Å²) in [6.45, 7) is 6.18. The van der Waals surface area contributed by atoms with E-state index in [1.807, 2.05) is 4.90 Å². The van der Waals surface area contributed by atoms with Crippen molar-refractivity contribution < 1.29 is 4.79 Å². The molecule has 2 fully saturated rings. The standard InChI is InChI=1S/C12H23N3O/c1-10-4-8-15(9-5-10)12(16)14-11-2-6-13-7-3-11/h10-11,13H,2-9H2,1H3,(H,14,16). The average molecular weight is 225 g/mol. The molecule has 0 saturated carbocycles. The summed E-state index contributed by atoms with van der Waals surface area (Å²) in [6.07, 6.45) is 4.44. The average Bonchev–Trinajstić information content (AvgIpc) is 2.31. The van der Waals surface area contributed by atoms with Crippen LogP contribution in [0.3, 0.4) is 0 Å². The maximum absolute atomic E-state index is 12.0. The van der Waals surface area contributed by atoms with Crippen molar-refractivity contribution in [3.63, 3.8) is 0 Å². The van der Waals surface area contributed by atoms with E-state index in [0.29, 0.717) is 6.04 Å². The van der Waals surface area contributed by atoms with Crippen LogP contribution in [0.15, 0.2) is 0 Å². The molecule has 92 valence electrons. The van der Waals surface area contributed by atoms with Gasteiger partial charge < -0.3 is 15.5 Å². The van der Waals surface area contributed by atoms with Crippen LogP contribution in [0.1, 0.15) is 32.6 Å². The summed E-state index contributed by atoms with van der Waals surface area (Å²) in [7, 11) is 0. The van der Waals surface area contributed by atoms with Gasteiger partial charge in [-0.2, -0.15) is 0 Å². The van der Waals surface area contributed by atoms with Gasteiger partial charge in [0.2, 0.25) is 0 Å². The van der Waals surface area contributed by atoms with Crippen molar-refractivity contribution in [1.82, 2.24) is 15.5 Å². The van der Waals surface area contributed by atoms with E-state index in [1.54, 1.807) is 0 Å². The van der Waals surface area contributed by atoms with Crippen LogP contribution in [0.25, 0.3) is 0 Å². The molecule has 0 atom stereocenters. The number of nitrogens with zero attached hydrogens (tertiary/aromatic N) is 1. The molecular weight excluding hydrogens is 202 g/mol. The van der Waals surface area contributed by atoms with Gasteiger partial charge in [0, 0.05) is 19.1 Å². The lowest BCUT2D eigenvalue weighted by atomic mass is 9.99. The molecule has 2 aliphatic heterocycles. The minimum atomic E-state index is 0.152. The van der Waals surface area contributed by atoms with E-state index >= 15 is 0 Å².